The average molecular weight is 278 g/mol. The molecule has 20 heavy (non-hydrogen) atoms. The fourth-order valence-electron chi connectivity index (χ4n) is 2.50. The third kappa shape index (κ3) is 4.56. The van der Waals surface area contributed by atoms with Crippen LogP contribution in [-0.2, 0) is 0 Å². The van der Waals surface area contributed by atoms with Crippen molar-refractivity contribution >= 4 is 11.5 Å². The van der Waals surface area contributed by atoms with E-state index in [1.807, 2.05) is 19.1 Å². The van der Waals surface area contributed by atoms with E-state index in [-0.39, 0.29) is 0 Å². The standard InChI is InChI=1S/C15H26N4O/c1-2-20-15-13(16)7-8-14(18-15)17-9-12-19-10-5-3-4-6-11-19/h7-8H,2-6,9-12,16H2,1H3,(H,17,18). The van der Waals surface area contributed by atoms with Crippen LogP contribution in [0.5, 0.6) is 5.88 Å². The maximum atomic E-state index is 5.81. The van der Waals surface area contributed by atoms with Gasteiger partial charge in [0.05, 0.1) is 12.3 Å². The summed E-state index contributed by atoms with van der Waals surface area (Å²) < 4.78 is 5.40. The Labute approximate surface area is 121 Å². The number of hydrogen-bond acceptors (Lipinski definition) is 5. The molecule has 1 aliphatic heterocycles. The first kappa shape index (κ1) is 14.9. The molecule has 0 saturated carbocycles. The highest BCUT2D eigenvalue weighted by molar-refractivity contribution is 5.53. The first-order valence-electron chi connectivity index (χ1n) is 7.65. The normalized spacial score (nSPS) is 16.6. The lowest BCUT2D eigenvalue weighted by molar-refractivity contribution is 0.296. The monoisotopic (exact) mass is 278 g/mol. The van der Waals surface area contributed by atoms with Gasteiger partial charge in [0.25, 0.3) is 0 Å². The summed E-state index contributed by atoms with van der Waals surface area (Å²) in [5.74, 6) is 1.35. The Morgan fingerprint density at radius 3 is 2.70 bits per heavy atom. The van der Waals surface area contributed by atoms with Gasteiger partial charge in [0.15, 0.2) is 0 Å². The predicted molar refractivity (Wildman–Crippen MR) is 83.2 cm³/mol. The van der Waals surface area contributed by atoms with Crippen molar-refractivity contribution in [2.45, 2.75) is 32.6 Å². The highest BCUT2D eigenvalue weighted by Crippen LogP contribution is 2.20. The van der Waals surface area contributed by atoms with Gasteiger partial charge in [-0.25, -0.2) is 0 Å². The minimum Gasteiger partial charge on any atom is -0.476 e. The molecular formula is C15H26N4O. The topological polar surface area (TPSA) is 63.4 Å². The van der Waals surface area contributed by atoms with Crippen LogP contribution in [0.25, 0.3) is 0 Å². The Kier molecular flexibility index (Phi) is 5.92. The molecule has 0 unspecified atom stereocenters. The highest BCUT2D eigenvalue weighted by atomic mass is 16.5. The lowest BCUT2D eigenvalue weighted by Gasteiger charge is -2.20. The smallest absolute Gasteiger partial charge is 0.239 e. The molecule has 2 rings (SSSR count). The van der Waals surface area contributed by atoms with Gasteiger partial charge >= 0.3 is 0 Å². The summed E-state index contributed by atoms with van der Waals surface area (Å²) in [6.07, 6.45) is 5.41. The molecular weight excluding hydrogens is 252 g/mol. The quantitative estimate of drug-likeness (QED) is 0.836. The van der Waals surface area contributed by atoms with Crippen LogP contribution in [0.1, 0.15) is 32.6 Å². The third-order valence-electron chi connectivity index (χ3n) is 3.60. The minimum absolute atomic E-state index is 0.521. The molecule has 112 valence electrons. The van der Waals surface area contributed by atoms with Crippen LogP contribution < -0.4 is 15.8 Å². The minimum atomic E-state index is 0.521. The van der Waals surface area contributed by atoms with Crippen LogP contribution in [0.15, 0.2) is 12.1 Å². The number of nitrogens with zero attached hydrogens (tertiary/aromatic N) is 2. The number of likely N-dealkylation sites (tertiary alicyclic amines) is 1. The number of ether oxygens (including phenoxy) is 1. The summed E-state index contributed by atoms with van der Waals surface area (Å²) in [6.45, 7) is 6.93. The van der Waals surface area contributed by atoms with Crippen molar-refractivity contribution in [3.8, 4) is 5.88 Å². The summed E-state index contributed by atoms with van der Waals surface area (Å²) in [6, 6.07) is 3.74. The molecule has 0 radical (unpaired) electrons. The van der Waals surface area contributed by atoms with Gasteiger partial charge in [-0.05, 0) is 45.0 Å². The van der Waals surface area contributed by atoms with E-state index in [2.05, 4.69) is 15.2 Å². The highest BCUT2D eigenvalue weighted by Gasteiger charge is 2.08. The summed E-state index contributed by atoms with van der Waals surface area (Å²) in [7, 11) is 0. The van der Waals surface area contributed by atoms with Gasteiger partial charge in [-0.2, -0.15) is 4.98 Å². The van der Waals surface area contributed by atoms with Crippen molar-refractivity contribution in [3.05, 3.63) is 12.1 Å². The van der Waals surface area contributed by atoms with Gasteiger partial charge in [0, 0.05) is 13.1 Å². The zero-order valence-corrected chi connectivity index (χ0v) is 12.4. The van der Waals surface area contributed by atoms with E-state index in [0.29, 0.717) is 18.2 Å². The van der Waals surface area contributed by atoms with E-state index in [1.54, 1.807) is 0 Å². The molecule has 5 heteroatoms. The van der Waals surface area contributed by atoms with Crippen molar-refractivity contribution in [3.63, 3.8) is 0 Å². The SMILES string of the molecule is CCOc1nc(NCCN2CCCCCC2)ccc1N. The number of rotatable bonds is 6. The van der Waals surface area contributed by atoms with Crippen LogP contribution in [0, 0.1) is 0 Å². The van der Waals surface area contributed by atoms with Gasteiger partial charge < -0.3 is 20.7 Å². The summed E-state index contributed by atoms with van der Waals surface area (Å²) in [4.78, 5) is 6.91. The van der Waals surface area contributed by atoms with Crippen molar-refractivity contribution in [2.75, 3.05) is 43.8 Å². The lowest BCUT2D eigenvalue weighted by atomic mass is 10.2. The number of hydrogen-bond donors (Lipinski definition) is 2. The van der Waals surface area contributed by atoms with Crippen LogP contribution >= 0.6 is 0 Å². The molecule has 0 amide bonds. The molecule has 0 atom stereocenters. The van der Waals surface area contributed by atoms with Crippen LogP contribution in [-0.4, -0.2) is 42.7 Å². The Bertz CT molecular complexity index is 403. The molecule has 0 spiro atoms. The van der Waals surface area contributed by atoms with Gasteiger partial charge in [0.2, 0.25) is 5.88 Å². The first-order valence-corrected chi connectivity index (χ1v) is 7.65. The second-order valence-electron chi connectivity index (χ2n) is 5.21. The molecule has 5 nitrogen and oxygen atoms in total. The van der Waals surface area contributed by atoms with E-state index in [4.69, 9.17) is 10.5 Å². The van der Waals surface area contributed by atoms with Crippen LogP contribution in [0.2, 0.25) is 0 Å². The molecule has 2 heterocycles. The number of nitrogens with one attached hydrogen (secondary N) is 1. The lowest BCUT2D eigenvalue weighted by Crippen LogP contribution is -2.30. The van der Waals surface area contributed by atoms with E-state index in [1.165, 1.54) is 38.8 Å². The second-order valence-corrected chi connectivity index (χ2v) is 5.21. The number of nitrogen functional groups attached to an aromatic ring is 1. The van der Waals surface area contributed by atoms with Crippen LogP contribution in [0.3, 0.4) is 0 Å². The Hall–Kier alpha value is -1.49. The maximum absolute atomic E-state index is 5.81. The maximum Gasteiger partial charge on any atom is 0.239 e. The second kappa shape index (κ2) is 7.94. The van der Waals surface area contributed by atoms with Gasteiger partial charge in [0.1, 0.15) is 5.82 Å². The molecule has 0 aromatic carbocycles. The Balaban J connectivity index is 1.79. The van der Waals surface area contributed by atoms with E-state index in [9.17, 15) is 0 Å². The first-order chi connectivity index (χ1) is 9.79. The van der Waals surface area contributed by atoms with Gasteiger partial charge in [-0.15, -0.1) is 0 Å². The van der Waals surface area contributed by atoms with E-state index >= 15 is 0 Å². The zero-order valence-electron chi connectivity index (χ0n) is 12.4. The van der Waals surface area contributed by atoms with Gasteiger partial charge in [-0.3, -0.25) is 0 Å². The van der Waals surface area contributed by atoms with Gasteiger partial charge in [-0.1, -0.05) is 12.8 Å². The molecule has 3 N–H and O–H groups in total. The Morgan fingerprint density at radius 1 is 1.25 bits per heavy atom. The predicted octanol–water partition coefficient (Wildman–Crippen LogP) is 2.35. The number of anilines is 2. The molecule has 1 fully saturated rings. The summed E-state index contributed by atoms with van der Waals surface area (Å²) in [5, 5.41) is 3.35. The van der Waals surface area contributed by atoms with Crippen molar-refractivity contribution in [2.24, 2.45) is 0 Å². The van der Waals surface area contributed by atoms with E-state index < -0.39 is 0 Å². The molecule has 1 aromatic heterocycles. The largest absolute Gasteiger partial charge is 0.476 e. The van der Waals surface area contributed by atoms with Crippen molar-refractivity contribution in [1.29, 1.82) is 0 Å². The van der Waals surface area contributed by atoms with Crippen LogP contribution in [0.4, 0.5) is 11.5 Å². The third-order valence-corrected chi connectivity index (χ3v) is 3.60. The number of nitrogens with two attached hydrogens (primary N) is 1. The fraction of sp³-hybridized carbons (Fsp3) is 0.667. The number of pyridine rings is 1. The fourth-order valence-corrected chi connectivity index (χ4v) is 2.50. The molecule has 0 bridgehead atoms. The molecule has 0 aliphatic carbocycles. The van der Waals surface area contributed by atoms with Crippen molar-refractivity contribution < 1.29 is 4.74 Å². The molecule has 1 aromatic rings. The molecule has 1 saturated heterocycles. The Morgan fingerprint density at radius 2 is 2.00 bits per heavy atom. The summed E-state index contributed by atoms with van der Waals surface area (Å²) in [5.41, 5.74) is 6.40. The van der Waals surface area contributed by atoms with Crippen molar-refractivity contribution in [1.82, 2.24) is 9.88 Å². The van der Waals surface area contributed by atoms with E-state index in [0.717, 1.165) is 18.9 Å². The summed E-state index contributed by atoms with van der Waals surface area (Å²) >= 11 is 0. The zero-order chi connectivity index (χ0) is 14.2. The number of aromatic nitrogens is 1. The molecule has 1 aliphatic rings. The average Bonchev–Trinajstić information content (AvgIpc) is 2.71.